The summed E-state index contributed by atoms with van der Waals surface area (Å²) in [5, 5.41) is 8.66. The first-order valence-electron chi connectivity index (χ1n) is 7.26. The van der Waals surface area contributed by atoms with Crippen molar-refractivity contribution in [3.05, 3.63) is 0 Å². The first kappa shape index (κ1) is 14.3. The molecule has 0 bridgehead atoms. The highest BCUT2D eigenvalue weighted by Crippen LogP contribution is 2.23. The molecular formula is C14H23NO4. The van der Waals surface area contributed by atoms with Crippen LogP contribution in [0.2, 0.25) is 0 Å². The van der Waals surface area contributed by atoms with Gasteiger partial charge in [-0.05, 0) is 38.0 Å². The SMILES string of the molecule is O=C(O)CCC1CCN(C(=O)CCC2CCCO2)C1. The van der Waals surface area contributed by atoms with Crippen molar-refractivity contribution < 1.29 is 19.4 Å². The average Bonchev–Trinajstić information content (AvgIpc) is 3.04. The fourth-order valence-corrected chi connectivity index (χ4v) is 2.94. The van der Waals surface area contributed by atoms with Gasteiger partial charge in [-0.1, -0.05) is 0 Å². The minimum atomic E-state index is -0.747. The lowest BCUT2D eigenvalue weighted by molar-refractivity contribution is -0.137. The van der Waals surface area contributed by atoms with Gasteiger partial charge < -0.3 is 14.7 Å². The lowest BCUT2D eigenvalue weighted by Gasteiger charge is -2.17. The summed E-state index contributed by atoms with van der Waals surface area (Å²) >= 11 is 0. The Labute approximate surface area is 113 Å². The van der Waals surface area contributed by atoms with Crippen molar-refractivity contribution in [3.63, 3.8) is 0 Å². The van der Waals surface area contributed by atoms with Crippen molar-refractivity contribution in [2.75, 3.05) is 19.7 Å². The molecule has 0 radical (unpaired) electrons. The van der Waals surface area contributed by atoms with Gasteiger partial charge >= 0.3 is 5.97 Å². The van der Waals surface area contributed by atoms with Gasteiger partial charge in [0.2, 0.25) is 5.91 Å². The molecule has 108 valence electrons. The highest BCUT2D eigenvalue weighted by Gasteiger charge is 2.27. The average molecular weight is 269 g/mol. The number of carbonyl (C=O) groups excluding carboxylic acids is 1. The number of hydrogen-bond donors (Lipinski definition) is 1. The number of carboxylic acids is 1. The van der Waals surface area contributed by atoms with E-state index in [0.29, 0.717) is 18.8 Å². The van der Waals surface area contributed by atoms with Crippen LogP contribution in [-0.2, 0) is 14.3 Å². The van der Waals surface area contributed by atoms with Gasteiger partial charge in [-0.15, -0.1) is 0 Å². The number of carboxylic acid groups (broad SMARTS) is 1. The number of nitrogens with zero attached hydrogens (tertiary/aromatic N) is 1. The van der Waals surface area contributed by atoms with Gasteiger partial charge in [0, 0.05) is 32.5 Å². The maximum atomic E-state index is 12.0. The predicted molar refractivity (Wildman–Crippen MR) is 69.8 cm³/mol. The molecule has 2 fully saturated rings. The molecule has 0 aromatic carbocycles. The molecule has 0 saturated carbocycles. The Hall–Kier alpha value is -1.10. The molecule has 2 saturated heterocycles. The van der Waals surface area contributed by atoms with Crippen LogP contribution in [-0.4, -0.2) is 47.7 Å². The van der Waals surface area contributed by atoms with E-state index >= 15 is 0 Å². The molecule has 5 heteroatoms. The van der Waals surface area contributed by atoms with Crippen molar-refractivity contribution in [1.82, 2.24) is 4.90 Å². The Kier molecular flexibility index (Phi) is 5.19. The van der Waals surface area contributed by atoms with Crippen LogP contribution < -0.4 is 0 Å². The smallest absolute Gasteiger partial charge is 0.303 e. The molecular weight excluding hydrogens is 246 g/mol. The second-order valence-corrected chi connectivity index (χ2v) is 5.60. The standard InChI is InChI=1S/C14H23NO4/c16-13(5-4-12-2-1-9-19-12)15-8-7-11(10-15)3-6-14(17)18/h11-12H,1-10H2,(H,17,18). The summed E-state index contributed by atoms with van der Waals surface area (Å²) in [6.07, 6.45) is 5.70. The molecule has 1 amide bonds. The van der Waals surface area contributed by atoms with Crippen molar-refractivity contribution >= 4 is 11.9 Å². The van der Waals surface area contributed by atoms with Crippen LogP contribution in [0.1, 0.15) is 44.9 Å². The summed E-state index contributed by atoms with van der Waals surface area (Å²) < 4.78 is 5.52. The topological polar surface area (TPSA) is 66.8 Å². The Balaban J connectivity index is 1.64. The molecule has 0 spiro atoms. The Morgan fingerprint density at radius 1 is 1.21 bits per heavy atom. The van der Waals surface area contributed by atoms with Gasteiger partial charge in [0.25, 0.3) is 0 Å². The van der Waals surface area contributed by atoms with Crippen molar-refractivity contribution in [3.8, 4) is 0 Å². The third-order valence-electron chi connectivity index (χ3n) is 4.11. The number of amides is 1. The second-order valence-electron chi connectivity index (χ2n) is 5.60. The van der Waals surface area contributed by atoms with Crippen LogP contribution in [0.5, 0.6) is 0 Å². The van der Waals surface area contributed by atoms with Crippen LogP contribution >= 0.6 is 0 Å². The lowest BCUT2D eigenvalue weighted by atomic mass is 10.0. The number of aliphatic carboxylic acids is 1. The largest absolute Gasteiger partial charge is 0.481 e. The Morgan fingerprint density at radius 3 is 2.74 bits per heavy atom. The highest BCUT2D eigenvalue weighted by atomic mass is 16.5. The van der Waals surface area contributed by atoms with Crippen LogP contribution in [0.4, 0.5) is 0 Å². The molecule has 0 aromatic heterocycles. The molecule has 1 N–H and O–H groups in total. The summed E-state index contributed by atoms with van der Waals surface area (Å²) in [5.41, 5.74) is 0. The van der Waals surface area contributed by atoms with Crippen molar-refractivity contribution in [1.29, 1.82) is 0 Å². The van der Waals surface area contributed by atoms with Crippen LogP contribution in [0.15, 0.2) is 0 Å². The lowest BCUT2D eigenvalue weighted by Crippen LogP contribution is -2.29. The van der Waals surface area contributed by atoms with Crippen LogP contribution in [0, 0.1) is 5.92 Å². The second kappa shape index (κ2) is 6.89. The van der Waals surface area contributed by atoms with Gasteiger partial charge in [-0.25, -0.2) is 0 Å². The predicted octanol–water partition coefficient (Wildman–Crippen LogP) is 1.66. The molecule has 19 heavy (non-hydrogen) atoms. The van der Waals surface area contributed by atoms with Gasteiger partial charge in [0.15, 0.2) is 0 Å². The van der Waals surface area contributed by atoms with E-state index in [1.54, 1.807) is 0 Å². The number of rotatable bonds is 6. The summed E-state index contributed by atoms with van der Waals surface area (Å²) in [4.78, 5) is 24.5. The van der Waals surface area contributed by atoms with Crippen molar-refractivity contribution in [2.24, 2.45) is 5.92 Å². The van der Waals surface area contributed by atoms with Crippen molar-refractivity contribution in [2.45, 2.75) is 51.0 Å². The molecule has 2 unspecified atom stereocenters. The molecule has 5 nitrogen and oxygen atoms in total. The molecule has 2 atom stereocenters. The van der Waals surface area contributed by atoms with E-state index in [1.165, 1.54) is 0 Å². The van der Waals surface area contributed by atoms with E-state index in [9.17, 15) is 9.59 Å². The number of ether oxygens (including phenoxy) is 1. The molecule has 0 aromatic rings. The Bertz CT molecular complexity index is 325. The summed E-state index contributed by atoms with van der Waals surface area (Å²) in [5.74, 6) is -0.181. The van der Waals surface area contributed by atoms with E-state index in [1.807, 2.05) is 4.90 Å². The first-order chi connectivity index (χ1) is 9.15. The fraction of sp³-hybridized carbons (Fsp3) is 0.857. The normalized spacial score (nSPS) is 26.8. The van der Waals surface area contributed by atoms with Crippen LogP contribution in [0.25, 0.3) is 0 Å². The number of hydrogen-bond acceptors (Lipinski definition) is 3. The maximum Gasteiger partial charge on any atom is 0.303 e. The maximum absolute atomic E-state index is 12.0. The summed E-state index contributed by atoms with van der Waals surface area (Å²) in [7, 11) is 0. The minimum Gasteiger partial charge on any atom is -0.481 e. The Morgan fingerprint density at radius 2 is 2.05 bits per heavy atom. The van der Waals surface area contributed by atoms with Gasteiger partial charge in [0.05, 0.1) is 6.10 Å². The zero-order valence-electron chi connectivity index (χ0n) is 11.3. The highest BCUT2D eigenvalue weighted by molar-refractivity contribution is 5.76. The van der Waals surface area contributed by atoms with Crippen LogP contribution in [0.3, 0.4) is 0 Å². The first-order valence-corrected chi connectivity index (χ1v) is 7.26. The molecule has 2 heterocycles. The van der Waals surface area contributed by atoms with Gasteiger partial charge in [0.1, 0.15) is 0 Å². The molecule has 0 aliphatic carbocycles. The van der Waals surface area contributed by atoms with Gasteiger partial charge in [-0.3, -0.25) is 9.59 Å². The van der Waals surface area contributed by atoms with Gasteiger partial charge in [-0.2, -0.15) is 0 Å². The zero-order valence-corrected chi connectivity index (χ0v) is 11.3. The monoisotopic (exact) mass is 269 g/mol. The van der Waals surface area contributed by atoms with E-state index in [-0.39, 0.29) is 18.4 Å². The zero-order chi connectivity index (χ0) is 13.7. The molecule has 2 aliphatic rings. The van der Waals surface area contributed by atoms with E-state index in [4.69, 9.17) is 9.84 Å². The fourth-order valence-electron chi connectivity index (χ4n) is 2.94. The number of carbonyl (C=O) groups is 2. The van der Waals surface area contributed by atoms with E-state index < -0.39 is 5.97 Å². The molecule has 2 rings (SSSR count). The van der Waals surface area contributed by atoms with E-state index in [0.717, 1.165) is 45.4 Å². The van der Waals surface area contributed by atoms with E-state index in [2.05, 4.69) is 0 Å². The third kappa shape index (κ3) is 4.49. The third-order valence-corrected chi connectivity index (χ3v) is 4.11. The quantitative estimate of drug-likeness (QED) is 0.796. The number of likely N-dealkylation sites (tertiary alicyclic amines) is 1. The molecule has 2 aliphatic heterocycles. The summed E-state index contributed by atoms with van der Waals surface area (Å²) in [6, 6.07) is 0. The minimum absolute atomic E-state index is 0.202. The summed E-state index contributed by atoms with van der Waals surface area (Å²) in [6.45, 7) is 2.35.